The Morgan fingerprint density at radius 2 is 1.75 bits per heavy atom. The molecule has 0 aromatic heterocycles. The average molecular weight is 333 g/mol. The van der Waals surface area contributed by atoms with E-state index in [4.69, 9.17) is 0 Å². The van der Waals surface area contributed by atoms with Crippen LogP contribution in [0.25, 0.3) is 0 Å². The van der Waals surface area contributed by atoms with E-state index < -0.39 is 32.9 Å². The highest BCUT2D eigenvalue weighted by atomic mass is 19.1. The van der Waals surface area contributed by atoms with Crippen molar-refractivity contribution in [2.24, 2.45) is 0 Å². The van der Waals surface area contributed by atoms with Crippen molar-refractivity contribution in [2.45, 2.75) is 6.92 Å². The first-order valence-corrected chi connectivity index (χ1v) is 6.70. The van der Waals surface area contributed by atoms with Gasteiger partial charge in [0.05, 0.1) is 27.2 Å². The minimum absolute atomic E-state index is 0.0289. The molecule has 0 unspecified atom stereocenters. The van der Waals surface area contributed by atoms with E-state index in [0.717, 1.165) is 23.1 Å². The van der Waals surface area contributed by atoms with Crippen molar-refractivity contribution in [3.63, 3.8) is 0 Å². The number of anilines is 1. The maximum Gasteiger partial charge on any atom is 0.279 e. The van der Waals surface area contributed by atoms with E-state index in [0.29, 0.717) is 0 Å². The van der Waals surface area contributed by atoms with Crippen LogP contribution in [0.15, 0.2) is 36.4 Å². The van der Waals surface area contributed by atoms with Crippen LogP contribution < -0.4 is 4.90 Å². The second kappa shape index (κ2) is 6.41. The van der Waals surface area contributed by atoms with Gasteiger partial charge >= 0.3 is 0 Å². The molecule has 24 heavy (non-hydrogen) atoms. The van der Waals surface area contributed by atoms with Gasteiger partial charge in [-0.25, -0.2) is 4.39 Å². The van der Waals surface area contributed by atoms with Crippen LogP contribution in [0, 0.1) is 33.0 Å². The SMILES string of the molecule is Cc1c(C(=O)N(C)c2ccccc2F)cc([N+](=O)[O-])cc1[N+](=O)[O-]. The summed E-state index contributed by atoms with van der Waals surface area (Å²) in [6.45, 7) is 1.31. The summed E-state index contributed by atoms with van der Waals surface area (Å²) in [6, 6.07) is 7.21. The van der Waals surface area contributed by atoms with Gasteiger partial charge in [-0.3, -0.25) is 25.0 Å². The summed E-state index contributed by atoms with van der Waals surface area (Å²) in [7, 11) is 1.28. The number of carbonyl (C=O) groups is 1. The van der Waals surface area contributed by atoms with Crippen LogP contribution in [-0.4, -0.2) is 22.8 Å². The Hall–Kier alpha value is -3.36. The molecule has 0 bridgehead atoms. The molecular formula is C15H12FN3O5. The number of para-hydroxylation sites is 1. The molecule has 2 aromatic carbocycles. The summed E-state index contributed by atoms with van der Waals surface area (Å²) in [4.78, 5) is 33.9. The molecule has 0 aliphatic carbocycles. The molecule has 0 aliphatic rings. The zero-order chi connectivity index (χ0) is 18.0. The highest BCUT2D eigenvalue weighted by Crippen LogP contribution is 2.30. The van der Waals surface area contributed by atoms with Gasteiger partial charge in [-0.1, -0.05) is 12.1 Å². The molecule has 2 aromatic rings. The van der Waals surface area contributed by atoms with Crippen molar-refractivity contribution in [3.8, 4) is 0 Å². The van der Waals surface area contributed by atoms with Gasteiger partial charge in [0.15, 0.2) is 0 Å². The lowest BCUT2D eigenvalue weighted by Crippen LogP contribution is -2.28. The van der Waals surface area contributed by atoms with Crippen LogP contribution in [0.2, 0.25) is 0 Å². The lowest BCUT2D eigenvalue weighted by molar-refractivity contribution is -0.394. The van der Waals surface area contributed by atoms with Crippen LogP contribution in [0.5, 0.6) is 0 Å². The number of nitro benzene ring substituents is 2. The van der Waals surface area contributed by atoms with E-state index >= 15 is 0 Å². The van der Waals surface area contributed by atoms with Gasteiger partial charge in [0.2, 0.25) is 0 Å². The second-order valence-electron chi connectivity index (χ2n) is 4.97. The molecule has 8 nitrogen and oxygen atoms in total. The van der Waals surface area contributed by atoms with Crippen LogP contribution in [0.4, 0.5) is 21.5 Å². The molecular weight excluding hydrogens is 321 g/mol. The number of amides is 1. The van der Waals surface area contributed by atoms with Gasteiger partial charge in [0, 0.05) is 18.7 Å². The maximum absolute atomic E-state index is 13.8. The predicted molar refractivity (Wildman–Crippen MR) is 83.6 cm³/mol. The fourth-order valence-electron chi connectivity index (χ4n) is 2.22. The standard InChI is InChI=1S/C15H12FN3O5/c1-9-11(7-10(18(21)22)8-14(9)19(23)24)15(20)17(2)13-6-4-3-5-12(13)16/h3-8H,1-2H3. The Morgan fingerprint density at radius 1 is 1.12 bits per heavy atom. The van der Waals surface area contributed by atoms with Gasteiger partial charge in [0.1, 0.15) is 5.82 Å². The van der Waals surface area contributed by atoms with E-state index in [1.165, 1.54) is 32.2 Å². The Morgan fingerprint density at radius 3 is 2.29 bits per heavy atom. The monoisotopic (exact) mass is 333 g/mol. The van der Waals surface area contributed by atoms with Crippen molar-refractivity contribution in [1.82, 2.24) is 0 Å². The molecule has 0 saturated carbocycles. The maximum atomic E-state index is 13.8. The van der Waals surface area contributed by atoms with E-state index in [9.17, 15) is 29.4 Å². The number of nitrogens with zero attached hydrogens (tertiary/aromatic N) is 3. The average Bonchev–Trinajstić information content (AvgIpc) is 2.53. The lowest BCUT2D eigenvalue weighted by atomic mass is 10.0. The quantitative estimate of drug-likeness (QED) is 0.630. The third-order valence-electron chi connectivity index (χ3n) is 3.52. The summed E-state index contributed by atoms with van der Waals surface area (Å²) in [5.41, 5.74) is -1.44. The van der Waals surface area contributed by atoms with Crippen molar-refractivity contribution >= 4 is 23.0 Å². The molecule has 1 amide bonds. The third-order valence-corrected chi connectivity index (χ3v) is 3.52. The van der Waals surface area contributed by atoms with Gasteiger partial charge in [0.25, 0.3) is 17.3 Å². The van der Waals surface area contributed by atoms with Crippen molar-refractivity contribution in [1.29, 1.82) is 0 Å². The van der Waals surface area contributed by atoms with Crippen LogP contribution >= 0.6 is 0 Å². The third kappa shape index (κ3) is 3.05. The van der Waals surface area contributed by atoms with E-state index in [2.05, 4.69) is 0 Å². The fourth-order valence-corrected chi connectivity index (χ4v) is 2.22. The molecule has 0 heterocycles. The Bertz CT molecular complexity index is 853. The predicted octanol–water partition coefficient (Wildman–Crippen LogP) is 3.23. The van der Waals surface area contributed by atoms with Crippen LogP contribution in [-0.2, 0) is 0 Å². The first-order chi connectivity index (χ1) is 11.2. The van der Waals surface area contributed by atoms with Gasteiger partial charge in [-0.2, -0.15) is 0 Å². The van der Waals surface area contributed by atoms with E-state index in [1.54, 1.807) is 0 Å². The lowest BCUT2D eigenvalue weighted by Gasteiger charge is -2.19. The van der Waals surface area contributed by atoms with Gasteiger partial charge < -0.3 is 4.90 Å². The molecule has 0 fully saturated rings. The molecule has 2 rings (SSSR count). The molecule has 0 radical (unpaired) electrons. The summed E-state index contributed by atoms with van der Waals surface area (Å²) in [6.07, 6.45) is 0. The van der Waals surface area contributed by atoms with E-state index in [-0.39, 0.29) is 16.8 Å². The molecule has 0 saturated heterocycles. The summed E-state index contributed by atoms with van der Waals surface area (Å²) in [5.74, 6) is -1.45. The fraction of sp³-hybridized carbons (Fsp3) is 0.133. The summed E-state index contributed by atoms with van der Waals surface area (Å²) in [5, 5.41) is 22.0. The number of non-ortho nitro benzene ring substituents is 1. The summed E-state index contributed by atoms with van der Waals surface area (Å²) >= 11 is 0. The van der Waals surface area contributed by atoms with Crippen molar-refractivity contribution in [2.75, 3.05) is 11.9 Å². The topological polar surface area (TPSA) is 107 Å². The Balaban J connectivity index is 2.58. The number of nitro groups is 2. The molecule has 0 N–H and O–H groups in total. The molecule has 0 atom stereocenters. The zero-order valence-electron chi connectivity index (χ0n) is 12.7. The first kappa shape index (κ1) is 17.0. The minimum Gasteiger partial charge on any atom is -0.309 e. The number of hydrogen-bond acceptors (Lipinski definition) is 5. The number of carbonyl (C=O) groups excluding carboxylic acids is 1. The molecule has 124 valence electrons. The number of halogens is 1. The minimum atomic E-state index is -0.827. The Labute approximate surface area is 135 Å². The largest absolute Gasteiger partial charge is 0.309 e. The smallest absolute Gasteiger partial charge is 0.279 e. The number of benzene rings is 2. The summed E-state index contributed by atoms with van der Waals surface area (Å²) < 4.78 is 13.8. The van der Waals surface area contributed by atoms with Crippen molar-refractivity contribution in [3.05, 3.63) is 73.6 Å². The Kier molecular flexibility index (Phi) is 4.54. The normalized spacial score (nSPS) is 10.3. The number of rotatable bonds is 4. The molecule has 0 spiro atoms. The van der Waals surface area contributed by atoms with Crippen molar-refractivity contribution < 1.29 is 19.0 Å². The second-order valence-corrected chi connectivity index (χ2v) is 4.97. The van der Waals surface area contributed by atoms with Crippen LogP contribution in [0.3, 0.4) is 0 Å². The van der Waals surface area contributed by atoms with Crippen LogP contribution in [0.1, 0.15) is 15.9 Å². The number of hydrogen-bond donors (Lipinski definition) is 0. The van der Waals surface area contributed by atoms with Gasteiger partial charge in [-0.15, -0.1) is 0 Å². The first-order valence-electron chi connectivity index (χ1n) is 6.70. The highest BCUT2D eigenvalue weighted by Gasteiger charge is 2.27. The van der Waals surface area contributed by atoms with Gasteiger partial charge in [-0.05, 0) is 19.1 Å². The highest BCUT2D eigenvalue weighted by molar-refractivity contribution is 6.07. The zero-order valence-corrected chi connectivity index (χ0v) is 12.7. The molecule has 9 heteroatoms. The van der Waals surface area contributed by atoms with E-state index in [1.807, 2.05) is 0 Å². The molecule has 0 aliphatic heterocycles.